The van der Waals surface area contributed by atoms with Crippen LogP contribution in [0.25, 0.3) is 0 Å². The molecule has 0 aliphatic rings. The minimum atomic E-state index is -4.40. The Bertz CT molecular complexity index is 453. The standard InChI is InChI=1S/C13H17F3N2O3/c1-20-6-5-17-8-12(19)18-10-3-2-4-11(7-10)21-9-13(14,15)16/h2-4,7,17H,5-6,8-9H2,1H3,(H,18,19). The Balaban J connectivity index is 2.43. The minimum Gasteiger partial charge on any atom is -0.484 e. The van der Waals surface area contributed by atoms with E-state index in [1.54, 1.807) is 13.2 Å². The lowest BCUT2D eigenvalue weighted by Gasteiger charge is -2.11. The van der Waals surface area contributed by atoms with Gasteiger partial charge in [0.25, 0.3) is 0 Å². The molecule has 0 aromatic heterocycles. The maximum absolute atomic E-state index is 12.0. The van der Waals surface area contributed by atoms with Crippen molar-refractivity contribution in [3.8, 4) is 5.75 Å². The van der Waals surface area contributed by atoms with Gasteiger partial charge in [0.05, 0.1) is 13.2 Å². The molecule has 1 aromatic rings. The van der Waals surface area contributed by atoms with E-state index < -0.39 is 12.8 Å². The summed E-state index contributed by atoms with van der Waals surface area (Å²) in [7, 11) is 1.55. The molecule has 0 heterocycles. The van der Waals surface area contributed by atoms with Crippen molar-refractivity contribution in [2.45, 2.75) is 6.18 Å². The number of amides is 1. The van der Waals surface area contributed by atoms with Crippen molar-refractivity contribution in [3.63, 3.8) is 0 Å². The van der Waals surface area contributed by atoms with E-state index >= 15 is 0 Å². The van der Waals surface area contributed by atoms with Crippen molar-refractivity contribution in [2.24, 2.45) is 0 Å². The van der Waals surface area contributed by atoms with Crippen molar-refractivity contribution >= 4 is 11.6 Å². The smallest absolute Gasteiger partial charge is 0.422 e. The van der Waals surface area contributed by atoms with Gasteiger partial charge in [-0.3, -0.25) is 4.79 Å². The Morgan fingerprint density at radius 2 is 2.10 bits per heavy atom. The number of benzene rings is 1. The third kappa shape index (κ3) is 8.16. The monoisotopic (exact) mass is 306 g/mol. The maximum Gasteiger partial charge on any atom is 0.422 e. The molecule has 0 atom stereocenters. The first-order valence-corrected chi connectivity index (χ1v) is 6.20. The second kappa shape index (κ2) is 8.48. The molecular weight excluding hydrogens is 289 g/mol. The first kappa shape index (κ1) is 17.3. The van der Waals surface area contributed by atoms with Gasteiger partial charge in [-0.15, -0.1) is 0 Å². The number of hydrogen-bond donors (Lipinski definition) is 2. The number of anilines is 1. The first-order valence-electron chi connectivity index (χ1n) is 6.20. The van der Waals surface area contributed by atoms with Crippen LogP contribution in [0.4, 0.5) is 18.9 Å². The van der Waals surface area contributed by atoms with Crippen LogP contribution in [0.3, 0.4) is 0 Å². The zero-order valence-electron chi connectivity index (χ0n) is 11.5. The van der Waals surface area contributed by atoms with Crippen LogP contribution in [0.5, 0.6) is 5.75 Å². The van der Waals surface area contributed by atoms with Gasteiger partial charge in [0, 0.05) is 25.4 Å². The van der Waals surface area contributed by atoms with E-state index in [0.717, 1.165) is 0 Å². The number of nitrogens with one attached hydrogen (secondary N) is 2. The van der Waals surface area contributed by atoms with Gasteiger partial charge in [0.1, 0.15) is 5.75 Å². The number of ether oxygens (including phenoxy) is 2. The fraction of sp³-hybridized carbons (Fsp3) is 0.462. The number of halogens is 3. The minimum absolute atomic E-state index is 0.0393. The summed E-state index contributed by atoms with van der Waals surface area (Å²) in [5.74, 6) is -0.267. The van der Waals surface area contributed by atoms with E-state index in [1.807, 2.05) is 0 Å². The predicted octanol–water partition coefficient (Wildman–Crippen LogP) is 1.80. The Hall–Kier alpha value is -1.80. The molecule has 5 nitrogen and oxygen atoms in total. The second-order valence-electron chi connectivity index (χ2n) is 4.15. The fourth-order valence-electron chi connectivity index (χ4n) is 1.41. The SMILES string of the molecule is COCCNCC(=O)Nc1cccc(OCC(F)(F)F)c1. The molecule has 0 spiro atoms. The molecule has 8 heteroatoms. The quantitative estimate of drug-likeness (QED) is 0.719. The Labute approximate surface area is 120 Å². The van der Waals surface area contributed by atoms with Crippen LogP contribution in [0.1, 0.15) is 0 Å². The molecule has 0 aliphatic heterocycles. The topological polar surface area (TPSA) is 59.6 Å². The highest BCUT2D eigenvalue weighted by Crippen LogP contribution is 2.21. The number of carbonyl (C=O) groups is 1. The van der Waals surface area contributed by atoms with E-state index in [1.165, 1.54) is 18.2 Å². The predicted molar refractivity (Wildman–Crippen MR) is 71.4 cm³/mol. The number of rotatable bonds is 8. The number of methoxy groups -OCH3 is 1. The van der Waals surface area contributed by atoms with Crippen LogP contribution < -0.4 is 15.4 Å². The van der Waals surface area contributed by atoms with Crippen molar-refractivity contribution < 1.29 is 27.4 Å². The molecule has 2 N–H and O–H groups in total. The molecular formula is C13H17F3N2O3. The van der Waals surface area contributed by atoms with Gasteiger partial charge < -0.3 is 20.1 Å². The zero-order valence-corrected chi connectivity index (χ0v) is 11.5. The van der Waals surface area contributed by atoms with Crippen LogP contribution in [0, 0.1) is 0 Å². The molecule has 0 fully saturated rings. The average Bonchev–Trinajstić information content (AvgIpc) is 2.41. The van der Waals surface area contributed by atoms with Gasteiger partial charge in [-0.1, -0.05) is 6.07 Å². The van der Waals surface area contributed by atoms with E-state index in [0.29, 0.717) is 18.8 Å². The molecule has 0 bridgehead atoms. The summed E-state index contributed by atoms with van der Waals surface area (Å²) < 4.78 is 45.5. The molecule has 0 saturated carbocycles. The average molecular weight is 306 g/mol. The molecule has 0 unspecified atom stereocenters. The molecule has 21 heavy (non-hydrogen) atoms. The highest BCUT2D eigenvalue weighted by Gasteiger charge is 2.28. The van der Waals surface area contributed by atoms with Crippen molar-refractivity contribution in [1.29, 1.82) is 0 Å². The lowest BCUT2D eigenvalue weighted by molar-refractivity contribution is -0.153. The van der Waals surface area contributed by atoms with Crippen molar-refractivity contribution in [3.05, 3.63) is 24.3 Å². The van der Waals surface area contributed by atoms with Crippen LogP contribution in [0.15, 0.2) is 24.3 Å². The lowest BCUT2D eigenvalue weighted by atomic mass is 10.3. The number of carbonyl (C=O) groups excluding carboxylic acids is 1. The van der Waals surface area contributed by atoms with Gasteiger partial charge in [0.15, 0.2) is 6.61 Å². The summed E-state index contributed by atoms with van der Waals surface area (Å²) in [5, 5.41) is 5.40. The van der Waals surface area contributed by atoms with Gasteiger partial charge in [-0.25, -0.2) is 0 Å². The molecule has 1 rings (SSSR count). The zero-order chi connectivity index (χ0) is 15.7. The third-order valence-corrected chi connectivity index (χ3v) is 2.29. The molecule has 0 aliphatic carbocycles. The van der Waals surface area contributed by atoms with Crippen molar-refractivity contribution in [2.75, 3.05) is 38.7 Å². The van der Waals surface area contributed by atoms with E-state index in [4.69, 9.17) is 4.74 Å². The molecule has 118 valence electrons. The maximum atomic E-state index is 12.0. The number of hydrogen-bond acceptors (Lipinski definition) is 4. The highest BCUT2D eigenvalue weighted by molar-refractivity contribution is 5.92. The summed E-state index contributed by atoms with van der Waals surface area (Å²) in [6, 6.07) is 5.78. The van der Waals surface area contributed by atoms with E-state index in [-0.39, 0.29) is 18.2 Å². The van der Waals surface area contributed by atoms with Gasteiger partial charge in [-0.2, -0.15) is 13.2 Å². The van der Waals surface area contributed by atoms with Gasteiger partial charge in [0.2, 0.25) is 5.91 Å². The number of alkyl halides is 3. The van der Waals surface area contributed by atoms with Crippen molar-refractivity contribution in [1.82, 2.24) is 5.32 Å². The third-order valence-electron chi connectivity index (χ3n) is 2.29. The fourth-order valence-corrected chi connectivity index (χ4v) is 1.41. The highest BCUT2D eigenvalue weighted by atomic mass is 19.4. The Kier molecular flexibility index (Phi) is 6.97. The first-order chi connectivity index (χ1) is 9.90. The summed E-state index contributed by atoms with van der Waals surface area (Å²) >= 11 is 0. The van der Waals surface area contributed by atoms with Crippen LogP contribution in [-0.2, 0) is 9.53 Å². The van der Waals surface area contributed by atoms with Gasteiger partial charge >= 0.3 is 6.18 Å². The Morgan fingerprint density at radius 1 is 1.33 bits per heavy atom. The summed E-state index contributed by atoms with van der Waals surface area (Å²) in [6.07, 6.45) is -4.40. The Morgan fingerprint density at radius 3 is 2.76 bits per heavy atom. The van der Waals surface area contributed by atoms with Crippen LogP contribution in [-0.4, -0.2) is 45.5 Å². The summed E-state index contributed by atoms with van der Waals surface area (Å²) in [4.78, 5) is 11.6. The normalized spacial score (nSPS) is 11.2. The molecule has 0 saturated heterocycles. The van der Waals surface area contributed by atoms with E-state index in [2.05, 4.69) is 15.4 Å². The van der Waals surface area contributed by atoms with Crippen LogP contribution in [0.2, 0.25) is 0 Å². The lowest BCUT2D eigenvalue weighted by Crippen LogP contribution is -2.30. The summed E-state index contributed by atoms with van der Waals surface area (Å²) in [5.41, 5.74) is 0.369. The summed E-state index contributed by atoms with van der Waals surface area (Å²) in [6.45, 7) is -0.285. The second-order valence-corrected chi connectivity index (χ2v) is 4.15. The van der Waals surface area contributed by atoms with Gasteiger partial charge in [-0.05, 0) is 12.1 Å². The largest absolute Gasteiger partial charge is 0.484 e. The molecule has 1 aromatic carbocycles. The van der Waals surface area contributed by atoms with Crippen LogP contribution >= 0.6 is 0 Å². The van der Waals surface area contributed by atoms with E-state index in [9.17, 15) is 18.0 Å². The molecule has 0 radical (unpaired) electrons. The molecule has 1 amide bonds.